The number of aromatic nitrogens is 1. The molecular weight excluding hydrogens is 268 g/mol. The Bertz CT molecular complexity index is 433. The number of ether oxygens (including phenoxy) is 2. The van der Waals surface area contributed by atoms with Crippen LogP contribution in [0.2, 0.25) is 0 Å². The van der Waals surface area contributed by atoms with Gasteiger partial charge in [-0.3, -0.25) is 9.98 Å². The second-order valence-corrected chi connectivity index (χ2v) is 5.12. The molecule has 1 aromatic heterocycles. The first-order chi connectivity index (χ1) is 10.3. The molecule has 1 aromatic rings. The number of nitrogens with one attached hydrogen (secondary N) is 1. The van der Waals surface area contributed by atoms with Crippen molar-refractivity contribution in [3.8, 4) is 5.75 Å². The summed E-state index contributed by atoms with van der Waals surface area (Å²) in [5.74, 6) is 2.27. The molecule has 1 fully saturated rings. The number of rotatable bonds is 6. The van der Waals surface area contributed by atoms with Crippen molar-refractivity contribution in [1.82, 2.24) is 15.2 Å². The predicted molar refractivity (Wildman–Crippen MR) is 82.6 cm³/mol. The molecule has 21 heavy (non-hydrogen) atoms. The Labute approximate surface area is 126 Å². The highest BCUT2D eigenvalue weighted by molar-refractivity contribution is 5.79. The van der Waals surface area contributed by atoms with E-state index in [1.807, 2.05) is 12.1 Å². The smallest absolute Gasteiger partial charge is 0.193 e. The molecule has 2 heterocycles. The molecule has 1 aliphatic heterocycles. The molecule has 0 bridgehead atoms. The van der Waals surface area contributed by atoms with Crippen molar-refractivity contribution >= 4 is 5.96 Å². The largest absolute Gasteiger partial charge is 0.490 e. The van der Waals surface area contributed by atoms with Crippen molar-refractivity contribution in [3.05, 3.63) is 24.5 Å². The number of hydrogen-bond acceptors (Lipinski definition) is 4. The lowest BCUT2D eigenvalue weighted by molar-refractivity contribution is 0.181. The van der Waals surface area contributed by atoms with Crippen LogP contribution in [0.15, 0.2) is 29.5 Å². The van der Waals surface area contributed by atoms with Gasteiger partial charge < -0.3 is 19.7 Å². The number of pyridine rings is 1. The Kier molecular flexibility index (Phi) is 6.27. The standard InChI is InChI=1S/C15H24N4O2/c1-16-15(19(2)11-13-5-8-20-12-13)18-7-9-21-14-4-3-6-17-10-14/h3-4,6,10,13H,5,7-9,11-12H2,1-2H3,(H,16,18). The minimum absolute atomic E-state index is 0.574. The number of nitrogens with zero attached hydrogens (tertiary/aromatic N) is 3. The predicted octanol–water partition coefficient (Wildman–Crippen LogP) is 1.00. The van der Waals surface area contributed by atoms with E-state index in [0.717, 1.165) is 37.9 Å². The number of hydrogen-bond donors (Lipinski definition) is 1. The van der Waals surface area contributed by atoms with Gasteiger partial charge in [0.1, 0.15) is 12.4 Å². The molecular formula is C15H24N4O2. The minimum atomic E-state index is 0.574. The fraction of sp³-hybridized carbons (Fsp3) is 0.600. The second kappa shape index (κ2) is 8.46. The molecule has 1 N–H and O–H groups in total. The van der Waals surface area contributed by atoms with Crippen molar-refractivity contribution in [2.45, 2.75) is 6.42 Å². The topological polar surface area (TPSA) is 59.0 Å². The molecule has 6 heteroatoms. The lowest BCUT2D eigenvalue weighted by Crippen LogP contribution is -2.42. The second-order valence-electron chi connectivity index (χ2n) is 5.12. The van der Waals surface area contributed by atoms with Gasteiger partial charge in [-0.2, -0.15) is 0 Å². The molecule has 1 saturated heterocycles. The fourth-order valence-electron chi connectivity index (χ4n) is 2.35. The molecule has 0 radical (unpaired) electrons. The lowest BCUT2D eigenvalue weighted by Gasteiger charge is -2.24. The SMILES string of the molecule is CN=C(NCCOc1cccnc1)N(C)CC1CCOC1. The Morgan fingerprint density at radius 3 is 3.19 bits per heavy atom. The highest BCUT2D eigenvalue weighted by Gasteiger charge is 2.18. The van der Waals surface area contributed by atoms with E-state index in [4.69, 9.17) is 9.47 Å². The molecule has 1 aliphatic rings. The first-order valence-corrected chi connectivity index (χ1v) is 7.32. The normalized spacial score (nSPS) is 18.6. The summed E-state index contributed by atoms with van der Waals surface area (Å²) in [6, 6.07) is 3.76. The highest BCUT2D eigenvalue weighted by atomic mass is 16.5. The van der Waals surface area contributed by atoms with Gasteiger partial charge in [0.15, 0.2) is 5.96 Å². The first kappa shape index (κ1) is 15.6. The van der Waals surface area contributed by atoms with Crippen molar-refractivity contribution in [1.29, 1.82) is 0 Å². The summed E-state index contributed by atoms with van der Waals surface area (Å²) < 4.78 is 11.0. The van der Waals surface area contributed by atoms with E-state index >= 15 is 0 Å². The minimum Gasteiger partial charge on any atom is -0.490 e. The monoisotopic (exact) mass is 292 g/mol. The van der Waals surface area contributed by atoms with E-state index in [1.165, 1.54) is 0 Å². The zero-order valence-electron chi connectivity index (χ0n) is 12.8. The molecule has 0 amide bonds. The van der Waals surface area contributed by atoms with Gasteiger partial charge in [0.25, 0.3) is 0 Å². The Balaban J connectivity index is 1.67. The van der Waals surface area contributed by atoms with Gasteiger partial charge in [0.05, 0.1) is 19.3 Å². The van der Waals surface area contributed by atoms with E-state index in [9.17, 15) is 0 Å². The van der Waals surface area contributed by atoms with Crippen molar-refractivity contribution in [2.24, 2.45) is 10.9 Å². The molecule has 116 valence electrons. The van der Waals surface area contributed by atoms with Crippen LogP contribution in [-0.2, 0) is 4.74 Å². The quantitative estimate of drug-likeness (QED) is 0.482. The average molecular weight is 292 g/mol. The molecule has 0 spiro atoms. The van der Waals surface area contributed by atoms with E-state index in [1.54, 1.807) is 19.4 Å². The van der Waals surface area contributed by atoms with Gasteiger partial charge in [-0.25, -0.2) is 0 Å². The van der Waals surface area contributed by atoms with Gasteiger partial charge in [0.2, 0.25) is 0 Å². The van der Waals surface area contributed by atoms with E-state index in [0.29, 0.717) is 19.1 Å². The van der Waals surface area contributed by atoms with E-state index < -0.39 is 0 Å². The molecule has 6 nitrogen and oxygen atoms in total. The molecule has 2 rings (SSSR count). The van der Waals surface area contributed by atoms with E-state index in [2.05, 4.69) is 27.2 Å². The van der Waals surface area contributed by atoms with Crippen molar-refractivity contribution < 1.29 is 9.47 Å². The van der Waals surface area contributed by atoms with Gasteiger partial charge in [-0.15, -0.1) is 0 Å². The Hall–Kier alpha value is -1.82. The summed E-state index contributed by atoms with van der Waals surface area (Å²) in [5.41, 5.74) is 0. The maximum atomic E-state index is 5.60. The summed E-state index contributed by atoms with van der Waals surface area (Å²) in [6.07, 6.45) is 4.57. The first-order valence-electron chi connectivity index (χ1n) is 7.32. The van der Waals surface area contributed by atoms with Gasteiger partial charge in [-0.05, 0) is 18.6 Å². The van der Waals surface area contributed by atoms with Crippen LogP contribution in [0.25, 0.3) is 0 Å². The van der Waals surface area contributed by atoms with Crippen LogP contribution in [0.3, 0.4) is 0 Å². The van der Waals surface area contributed by atoms with Crippen LogP contribution < -0.4 is 10.1 Å². The third-order valence-corrected chi connectivity index (χ3v) is 3.42. The molecule has 1 unspecified atom stereocenters. The molecule has 0 saturated carbocycles. The molecule has 0 aliphatic carbocycles. The van der Waals surface area contributed by atoms with Crippen LogP contribution in [-0.4, -0.2) is 62.8 Å². The van der Waals surface area contributed by atoms with Gasteiger partial charge >= 0.3 is 0 Å². The summed E-state index contributed by atoms with van der Waals surface area (Å²) in [5, 5.41) is 3.30. The third-order valence-electron chi connectivity index (χ3n) is 3.42. The maximum Gasteiger partial charge on any atom is 0.193 e. The van der Waals surface area contributed by atoms with Crippen LogP contribution >= 0.6 is 0 Å². The van der Waals surface area contributed by atoms with Crippen LogP contribution in [0.1, 0.15) is 6.42 Å². The summed E-state index contributed by atoms with van der Waals surface area (Å²) in [4.78, 5) is 10.5. The lowest BCUT2D eigenvalue weighted by atomic mass is 10.1. The van der Waals surface area contributed by atoms with Crippen LogP contribution in [0.4, 0.5) is 0 Å². The molecule has 0 aromatic carbocycles. The summed E-state index contributed by atoms with van der Waals surface area (Å²) in [6.45, 7) is 3.97. The number of guanidine groups is 1. The summed E-state index contributed by atoms with van der Waals surface area (Å²) in [7, 11) is 3.85. The average Bonchev–Trinajstić information content (AvgIpc) is 3.01. The van der Waals surface area contributed by atoms with Crippen molar-refractivity contribution in [2.75, 3.05) is 47.0 Å². The zero-order chi connectivity index (χ0) is 14.9. The van der Waals surface area contributed by atoms with Gasteiger partial charge in [-0.1, -0.05) is 0 Å². The fourth-order valence-corrected chi connectivity index (χ4v) is 2.35. The third kappa shape index (κ3) is 5.23. The maximum absolute atomic E-state index is 5.60. The van der Waals surface area contributed by atoms with Crippen LogP contribution in [0.5, 0.6) is 5.75 Å². The number of aliphatic imine (C=N–C) groups is 1. The Morgan fingerprint density at radius 1 is 1.62 bits per heavy atom. The highest BCUT2D eigenvalue weighted by Crippen LogP contribution is 2.13. The summed E-state index contributed by atoms with van der Waals surface area (Å²) >= 11 is 0. The Morgan fingerprint density at radius 2 is 2.52 bits per heavy atom. The van der Waals surface area contributed by atoms with Crippen LogP contribution in [0, 0.1) is 5.92 Å². The van der Waals surface area contributed by atoms with Crippen molar-refractivity contribution in [3.63, 3.8) is 0 Å². The molecule has 1 atom stereocenters. The van der Waals surface area contributed by atoms with E-state index in [-0.39, 0.29) is 0 Å². The van der Waals surface area contributed by atoms with Gasteiger partial charge in [0, 0.05) is 39.4 Å². The zero-order valence-corrected chi connectivity index (χ0v) is 12.8.